The van der Waals surface area contributed by atoms with Crippen molar-refractivity contribution >= 4 is 19.3 Å². The minimum Gasteiger partial charge on any atom is -0.415 e. The smallest absolute Gasteiger partial charge is 0.415 e. The summed E-state index contributed by atoms with van der Waals surface area (Å²) in [5.74, 6) is -0.344. The van der Waals surface area contributed by atoms with Crippen LogP contribution in [-0.2, 0) is 18.4 Å². The summed E-state index contributed by atoms with van der Waals surface area (Å²) in [6.07, 6.45) is 1.19. The van der Waals surface area contributed by atoms with Gasteiger partial charge in [0.2, 0.25) is 0 Å². The number of rotatable bonds is 1. The lowest BCUT2D eigenvalue weighted by Crippen LogP contribution is -2.08. The van der Waals surface area contributed by atoms with Crippen molar-refractivity contribution in [3.05, 3.63) is 42.0 Å². The highest BCUT2D eigenvalue weighted by Gasteiger charge is 2.29. The molecule has 0 fully saturated rings. The molecule has 0 amide bonds. The van der Waals surface area contributed by atoms with E-state index >= 15 is 0 Å². The van der Waals surface area contributed by atoms with E-state index in [-0.39, 0.29) is 5.76 Å². The van der Waals surface area contributed by atoms with Gasteiger partial charge in [-0.2, -0.15) is 0 Å². The second kappa shape index (κ2) is 3.55. The van der Waals surface area contributed by atoms with E-state index in [0.717, 1.165) is 0 Å². The molecule has 1 aliphatic heterocycles. The van der Waals surface area contributed by atoms with Crippen LogP contribution in [0.2, 0.25) is 0 Å². The van der Waals surface area contributed by atoms with Crippen molar-refractivity contribution in [1.29, 1.82) is 0 Å². The molecule has 4 nitrogen and oxygen atoms in total. The predicted octanol–water partition coefficient (Wildman–Crippen LogP) is 2.42. The third-order valence-electron chi connectivity index (χ3n) is 1.83. The summed E-state index contributed by atoms with van der Waals surface area (Å²) in [4.78, 5) is 11.1. The molecular formula is C10H9O4P. The number of hydrogen-bond acceptors (Lipinski definition) is 4. The Bertz CT molecular complexity index is 464. The third kappa shape index (κ3) is 2.28. The highest BCUT2D eigenvalue weighted by molar-refractivity contribution is 7.54. The molecular weight excluding hydrogens is 215 g/mol. The summed E-state index contributed by atoms with van der Waals surface area (Å²) in [6, 6.07) is 8.99. The Kier molecular flexibility index (Phi) is 2.37. The highest BCUT2D eigenvalue weighted by Crippen LogP contribution is 2.50. The quantitative estimate of drug-likeness (QED) is 0.687. The van der Waals surface area contributed by atoms with Crippen molar-refractivity contribution in [2.24, 2.45) is 0 Å². The van der Waals surface area contributed by atoms with Crippen LogP contribution in [0.25, 0.3) is 5.76 Å². The minimum absolute atomic E-state index is 0.290. The molecule has 0 aromatic heterocycles. The molecule has 0 spiro atoms. The zero-order valence-electron chi connectivity index (χ0n) is 8.04. The maximum atomic E-state index is 11.5. The van der Waals surface area contributed by atoms with Gasteiger partial charge in [0.05, 0.1) is 12.7 Å². The molecule has 15 heavy (non-hydrogen) atoms. The third-order valence-corrected chi connectivity index (χ3v) is 2.87. The Morgan fingerprint density at radius 2 is 1.80 bits per heavy atom. The lowest BCUT2D eigenvalue weighted by molar-refractivity contribution is -0.129. The fourth-order valence-electron chi connectivity index (χ4n) is 1.26. The van der Waals surface area contributed by atoms with E-state index in [2.05, 4.69) is 4.52 Å². The van der Waals surface area contributed by atoms with Crippen LogP contribution >= 0.6 is 7.60 Å². The van der Waals surface area contributed by atoms with E-state index < -0.39 is 13.6 Å². The van der Waals surface area contributed by atoms with Crippen LogP contribution in [-0.4, -0.2) is 12.6 Å². The van der Waals surface area contributed by atoms with Crippen molar-refractivity contribution in [3.63, 3.8) is 0 Å². The number of carbonyl (C=O) groups is 1. The molecule has 0 N–H and O–H groups in total. The average molecular weight is 224 g/mol. The normalized spacial score (nSPS) is 25.1. The highest BCUT2D eigenvalue weighted by atomic mass is 31.2. The Hall–Kier alpha value is -1.54. The van der Waals surface area contributed by atoms with Crippen LogP contribution < -0.4 is 0 Å². The molecule has 1 aromatic rings. The van der Waals surface area contributed by atoms with Gasteiger partial charge in [-0.1, -0.05) is 30.3 Å². The van der Waals surface area contributed by atoms with E-state index in [1.54, 1.807) is 24.3 Å². The first-order valence-corrected chi connectivity index (χ1v) is 6.34. The Balaban J connectivity index is 2.39. The molecule has 1 atom stereocenters. The second-order valence-corrected chi connectivity index (χ2v) is 5.06. The van der Waals surface area contributed by atoms with Crippen molar-refractivity contribution in [2.45, 2.75) is 0 Å². The van der Waals surface area contributed by atoms with Gasteiger partial charge in [-0.25, -0.2) is 9.36 Å². The number of carbonyl (C=O) groups excluding carboxylic acids is 1. The van der Waals surface area contributed by atoms with Gasteiger partial charge in [-0.3, -0.25) is 0 Å². The summed E-state index contributed by atoms with van der Waals surface area (Å²) < 4.78 is 21.2. The first-order valence-electron chi connectivity index (χ1n) is 4.35. The van der Waals surface area contributed by atoms with Crippen molar-refractivity contribution in [3.8, 4) is 0 Å². The topological polar surface area (TPSA) is 52.6 Å². The van der Waals surface area contributed by atoms with Crippen LogP contribution in [0.3, 0.4) is 0 Å². The lowest BCUT2D eigenvalue weighted by Gasteiger charge is -2.20. The van der Waals surface area contributed by atoms with E-state index in [0.29, 0.717) is 5.56 Å². The fourth-order valence-corrected chi connectivity index (χ4v) is 2.19. The maximum absolute atomic E-state index is 11.5. The predicted molar refractivity (Wildman–Crippen MR) is 55.1 cm³/mol. The lowest BCUT2D eigenvalue weighted by atomic mass is 10.2. The standard InChI is InChI=1S/C10H9O4P/c1-15(12)13-9(7-10(11)14-15)8-5-3-2-4-6-8/h2-7H,1H3. The molecule has 2 rings (SSSR count). The second-order valence-electron chi connectivity index (χ2n) is 3.15. The van der Waals surface area contributed by atoms with E-state index in [9.17, 15) is 9.36 Å². The van der Waals surface area contributed by atoms with Crippen LogP contribution in [0.1, 0.15) is 5.56 Å². The van der Waals surface area contributed by atoms with Crippen LogP contribution in [0.15, 0.2) is 36.4 Å². The van der Waals surface area contributed by atoms with Gasteiger partial charge >= 0.3 is 13.6 Å². The first-order chi connectivity index (χ1) is 7.07. The summed E-state index contributed by atoms with van der Waals surface area (Å²) in [6.45, 7) is 1.26. The first kappa shape index (κ1) is 9.99. The largest absolute Gasteiger partial charge is 0.430 e. The van der Waals surface area contributed by atoms with E-state index in [1.165, 1.54) is 12.7 Å². The number of hydrogen-bond donors (Lipinski definition) is 0. The summed E-state index contributed by atoms with van der Waals surface area (Å²) in [5.41, 5.74) is 0.705. The Morgan fingerprint density at radius 1 is 1.13 bits per heavy atom. The number of benzene rings is 1. The van der Waals surface area contributed by atoms with Gasteiger partial charge in [0.1, 0.15) is 5.76 Å². The molecule has 1 aliphatic rings. The Labute approximate surface area is 87.0 Å². The van der Waals surface area contributed by atoms with E-state index in [4.69, 9.17) is 4.52 Å². The van der Waals surface area contributed by atoms with Crippen molar-refractivity contribution in [2.75, 3.05) is 6.66 Å². The van der Waals surface area contributed by atoms with Gasteiger partial charge < -0.3 is 9.05 Å². The van der Waals surface area contributed by atoms with Gasteiger partial charge in [0, 0.05) is 5.56 Å². The molecule has 0 aliphatic carbocycles. The molecule has 5 heteroatoms. The minimum atomic E-state index is -3.28. The molecule has 0 saturated carbocycles. The van der Waals surface area contributed by atoms with Crippen molar-refractivity contribution < 1.29 is 18.4 Å². The van der Waals surface area contributed by atoms with Crippen molar-refractivity contribution in [1.82, 2.24) is 0 Å². The van der Waals surface area contributed by atoms with E-state index in [1.807, 2.05) is 6.07 Å². The monoisotopic (exact) mass is 224 g/mol. The average Bonchev–Trinajstić information content (AvgIpc) is 2.16. The summed E-state index contributed by atoms with van der Waals surface area (Å²) >= 11 is 0. The molecule has 1 heterocycles. The maximum Gasteiger partial charge on any atom is 0.430 e. The molecule has 1 aromatic carbocycles. The van der Waals surface area contributed by atoms with Gasteiger partial charge in [0.25, 0.3) is 0 Å². The molecule has 0 saturated heterocycles. The Morgan fingerprint density at radius 3 is 2.40 bits per heavy atom. The summed E-state index contributed by atoms with van der Waals surface area (Å²) in [7, 11) is -3.28. The van der Waals surface area contributed by atoms with Gasteiger partial charge in [-0.15, -0.1) is 0 Å². The molecule has 0 radical (unpaired) electrons. The van der Waals surface area contributed by atoms with Crippen LogP contribution in [0.4, 0.5) is 0 Å². The molecule has 0 bridgehead atoms. The SMILES string of the molecule is CP1(=O)OC(=O)C=C(c2ccccc2)O1. The van der Waals surface area contributed by atoms with Gasteiger partial charge in [0.15, 0.2) is 0 Å². The molecule has 78 valence electrons. The van der Waals surface area contributed by atoms with Gasteiger partial charge in [-0.05, 0) is 0 Å². The zero-order chi connectivity index (χ0) is 10.9. The zero-order valence-corrected chi connectivity index (χ0v) is 8.94. The molecule has 1 unspecified atom stereocenters. The summed E-state index contributed by atoms with van der Waals surface area (Å²) in [5, 5.41) is 0. The fraction of sp³-hybridized carbons (Fsp3) is 0.100. The van der Waals surface area contributed by atoms with Crippen LogP contribution in [0.5, 0.6) is 0 Å². The van der Waals surface area contributed by atoms with Crippen LogP contribution in [0, 0.1) is 0 Å².